The van der Waals surface area contributed by atoms with E-state index in [1.54, 1.807) is 26.0 Å². The molecule has 1 aromatic heterocycles. The Morgan fingerprint density at radius 3 is 2.10 bits per heavy atom. The number of hydrogen-bond donors (Lipinski definition) is 9. The molecule has 224 valence electrons. The lowest BCUT2D eigenvalue weighted by atomic mass is 10.0. The molecule has 2 rings (SSSR count). The van der Waals surface area contributed by atoms with Gasteiger partial charge in [-0.3, -0.25) is 19.2 Å². The van der Waals surface area contributed by atoms with Crippen LogP contribution in [0.3, 0.4) is 0 Å². The van der Waals surface area contributed by atoms with Crippen LogP contribution in [0.1, 0.15) is 32.0 Å². The van der Waals surface area contributed by atoms with Gasteiger partial charge < -0.3 is 47.3 Å². The van der Waals surface area contributed by atoms with Gasteiger partial charge >= 0.3 is 5.97 Å². The number of carboxylic acid groups (broad SMARTS) is 1. The van der Waals surface area contributed by atoms with Crippen molar-refractivity contribution in [2.75, 3.05) is 6.54 Å². The van der Waals surface area contributed by atoms with E-state index >= 15 is 0 Å². The molecule has 0 saturated carbocycles. The Morgan fingerprint density at radius 1 is 0.927 bits per heavy atom. The lowest BCUT2D eigenvalue weighted by Gasteiger charge is -2.24. The number of phenolic OH excluding ortho intramolecular Hbond substituents is 1. The van der Waals surface area contributed by atoms with Crippen LogP contribution in [-0.2, 0) is 36.8 Å². The van der Waals surface area contributed by atoms with E-state index in [9.17, 15) is 39.3 Å². The molecular weight excluding hydrogens is 538 g/mol. The van der Waals surface area contributed by atoms with Gasteiger partial charge in [0.1, 0.15) is 29.9 Å². The average Bonchev–Trinajstić information content (AvgIpc) is 3.43. The van der Waals surface area contributed by atoms with Crippen LogP contribution in [0.4, 0.5) is 0 Å². The van der Waals surface area contributed by atoms with Crippen LogP contribution in [0.5, 0.6) is 5.75 Å². The number of phenols is 1. The van der Waals surface area contributed by atoms with E-state index in [0.717, 1.165) is 0 Å². The number of aliphatic hydroxyl groups excluding tert-OH is 1. The number of amides is 4. The molecule has 0 aliphatic heterocycles. The van der Waals surface area contributed by atoms with E-state index in [-0.39, 0.29) is 18.6 Å². The number of nitrogens with one attached hydrogen (secondary N) is 5. The zero-order valence-corrected chi connectivity index (χ0v) is 23.0. The molecule has 0 aliphatic rings. The maximum atomic E-state index is 13.0. The standard InChI is InChI=1S/C26H37N7O8/c1-13(2)22(25(39)32-19(26(40)41)9-16-10-28-12-30-16)33-20(36)11-29-23(37)18(31-24(38)21(27)14(3)34)8-15-4-6-17(35)7-5-15/h4-7,10,12-14,18-19,21-22,34-35H,8-9,11,27H2,1-3H3,(H,28,30)(H,29,37)(H,31,38)(H,32,39)(H,33,36)(H,40,41)/t14-,18+,19+,21+,22+/m1/s1. The minimum absolute atomic E-state index is 0.00584. The number of aliphatic hydroxyl groups is 1. The number of carbonyl (C=O) groups excluding carboxylic acids is 4. The summed E-state index contributed by atoms with van der Waals surface area (Å²) >= 11 is 0. The molecule has 0 saturated heterocycles. The fourth-order valence-corrected chi connectivity index (χ4v) is 3.69. The second-order valence-electron chi connectivity index (χ2n) is 9.89. The van der Waals surface area contributed by atoms with E-state index in [2.05, 4.69) is 31.2 Å². The number of rotatable bonds is 15. The van der Waals surface area contributed by atoms with Crippen LogP contribution in [0.25, 0.3) is 0 Å². The number of aromatic nitrogens is 2. The Labute approximate surface area is 236 Å². The molecule has 15 heteroatoms. The summed E-state index contributed by atoms with van der Waals surface area (Å²) in [6.45, 7) is 4.07. The van der Waals surface area contributed by atoms with Gasteiger partial charge in [-0.25, -0.2) is 9.78 Å². The molecule has 4 amide bonds. The number of H-pyrrole nitrogens is 1. The molecule has 15 nitrogen and oxygen atoms in total. The van der Waals surface area contributed by atoms with Gasteiger partial charge in [0.25, 0.3) is 0 Å². The summed E-state index contributed by atoms with van der Waals surface area (Å²) in [5, 5.41) is 38.4. The Balaban J connectivity index is 2.04. The number of benzene rings is 1. The first-order chi connectivity index (χ1) is 19.3. The number of carbonyl (C=O) groups is 5. The Kier molecular flexibility index (Phi) is 12.2. The maximum absolute atomic E-state index is 13.0. The van der Waals surface area contributed by atoms with Crippen LogP contribution in [0, 0.1) is 5.92 Å². The van der Waals surface area contributed by atoms with Crippen molar-refractivity contribution in [3.05, 3.63) is 48.0 Å². The number of hydrogen-bond acceptors (Lipinski definition) is 9. The van der Waals surface area contributed by atoms with Crippen molar-refractivity contribution >= 4 is 29.6 Å². The molecular formula is C26H37N7O8. The van der Waals surface area contributed by atoms with Crippen molar-refractivity contribution in [2.24, 2.45) is 11.7 Å². The van der Waals surface area contributed by atoms with E-state index in [1.165, 1.54) is 31.6 Å². The Hall–Kier alpha value is -4.50. The summed E-state index contributed by atoms with van der Waals surface area (Å²) in [7, 11) is 0. The second kappa shape index (κ2) is 15.3. The fourth-order valence-electron chi connectivity index (χ4n) is 3.69. The smallest absolute Gasteiger partial charge is 0.326 e. The molecule has 10 N–H and O–H groups in total. The Morgan fingerprint density at radius 2 is 1.56 bits per heavy atom. The number of nitrogens with zero attached hydrogens (tertiary/aromatic N) is 1. The minimum Gasteiger partial charge on any atom is -0.508 e. The molecule has 2 aromatic rings. The van der Waals surface area contributed by atoms with Gasteiger partial charge in [0.05, 0.1) is 19.0 Å². The third-order valence-electron chi connectivity index (χ3n) is 6.11. The molecule has 0 unspecified atom stereocenters. The zero-order valence-electron chi connectivity index (χ0n) is 23.0. The highest BCUT2D eigenvalue weighted by atomic mass is 16.4. The van der Waals surface area contributed by atoms with Crippen molar-refractivity contribution in [1.82, 2.24) is 31.2 Å². The average molecular weight is 576 g/mol. The van der Waals surface area contributed by atoms with Crippen molar-refractivity contribution in [3.63, 3.8) is 0 Å². The van der Waals surface area contributed by atoms with Crippen LogP contribution in [0.15, 0.2) is 36.8 Å². The van der Waals surface area contributed by atoms with Gasteiger partial charge in [0.15, 0.2) is 0 Å². The van der Waals surface area contributed by atoms with E-state index in [4.69, 9.17) is 5.73 Å². The summed E-state index contributed by atoms with van der Waals surface area (Å²) in [5.41, 5.74) is 6.75. The molecule has 0 bridgehead atoms. The van der Waals surface area contributed by atoms with E-state index in [0.29, 0.717) is 11.3 Å². The molecule has 0 spiro atoms. The predicted octanol–water partition coefficient (Wildman–Crippen LogP) is -2.08. The third-order valence-corrected chi connectivity index (χ3v) is 6.11. The number of aromatic amines is 1. The topological polar surface area (TPSA) is 249 Å². The number of aromatic hydroxyl groups is 1. The summed E-state index contributed by atoms with van der Waals surface area (Å²) in [6.07, 6.45) is 1.56. The van der Waals surface area contributed by atoms with Gasteiger partial charge in [-0.2, -0.15) is 0 Å². The SMILES string of the molecule is CC(C)[C@H](NC(=O)CNC(=O)[C@H](Cc1ccc(O)cc1)NC(=O)[C@@H](N)[C@@H](C)O)C(=O)N[C@@H](Cc1cnc[nH]1)C(=O)O. The zero-order chi connectivity index (χ0) is 30.7. The van der Waals surface area contributed by atoms with E-state index in [1.807, 2.05) is 0 Å². The van der Waals surface area contributed by atoms with Gasteiger partial charge in [0, 0.05) is 24.7 Å². The molecule has 41 heavy (non-hydrogen) atoms. The molecule has 0 aliphatic carbocycles. The number of nitrogens with two attached hydrogens (primary N) is 1. The van der Waals surface area contributed by atoms with Gasteiger partial charge in [0.2, 0.25) is 23.6 Å². The predicted molar refractivity (Wildman–Crippen MR) is 145 cm³/mol. The van der Waals surface area contributed by atoms with Crippen LogP contribution in [0.2, 0.25) is 0 Å². The van der Waals surface area contributed by atoms with Crippen molar-refractivity contribution in [2.45, 2.75) is 63.9 Å². The molecule has 1 heterocycles. The lowest BCUT2D eigenvalue weighted by molar-refractivity contribution is -0.142. The first-order valence-electron chi connectivity index (χ1n) is 12.9. The molecule has 1 aromatic carbocycles. The molecule has 5 atom stereocenters. The maximum Gasteiger partial charge on any atom is 0.326 e. The summed E-state index contributed by atoms with van der Waals surface area (Å²) in [5.74, 6) is -4.69. The van der Waals surface area contributed by atoms with Crippen molar-refractivity contribution in [1.29, 1.82) is 0 Å². The summed E-state index contributed by atoms with van der Waals surface area (Å²) in [6, 6.07) is 1.02. The van der Waals surface area contributed by atoms with E-state index < -0.39 is 72.3 Å². The monoisotopic (exact) mass is 575 g/mol. The highest BCUT2D eigenvalue weighted by Crippen LogP contribution is 2.12. The van der Waals surface area contributed by atoms with Crippen LogP contribution < -0.4 is 27.0 Å². The Bertz CT molecular complexity index is 1180. The first-order valence-corrected chi connectivity index (χ1v) is 12.9. The third kappa shape index (κ3) is 10.5. The van der Waals surface area contributed by atoms with Crippen LogP contribution in [-0.4, -0.2) is 91.7 Å². The van der Waals surface area contributed by atoms with Gasteiger partial charge in [-0.1, -0.05) is 26.0 Å². The normalized spacial score (nSPS) is 14.7. The summed E-state index contributed by atoms with van der Waals surface area (Å²) < 4.78 is 0. The van der Waals surface area contributed by atoms with Gasteiger partial charge in [-0.05, 0) is 30.5 Å². The first kappa shape index (κ1) is 32.7. The number of imidazole rings is 1. The number of aliphatic carboxylic acids is 1. The molecule has 0 radical (unpaired) electrons. The number of carboxylic acids is 1. The quantitative estimate of drug-likeness (QED) is 0.112. The second-order valence-corrected chi connectivity index (χ2v) is 9.89. The molecule has 0 fully saturated rings. The lowest BCUT2D eigenvalue weighted by Crippen LogP contribution is -2.57. The van der Waals surface area contributed by atoms with Gasteiger partial charge in [-0.15, -0.1) is 0 Å². The summed E-state index contributed by atoms with van der Waals surface area (Å²) in [4.78, 5) is 69.2. The largest absolute Gasteiger partial charge is 0.508 e. The highest BCUT2D eigenvalue weighted by Gasteiger charge is 2.30. The van der Waals surface area contributed by atoms with Crippen LogP contribution >= 0.6 is 0 Å². The van der Waals surface area contributed by atoms with Crippen molar-refractivity contribution < 1.29 is 39.3 Å². The minimum atomic E-state index is -1.30. The highest BCUT2D eigenvalue weighted by molar-refractivity contribution is 5.94. The van der Waals surface area contributed by atoms with Crippen molar-refractivity contribution in [3.8, 4) is 5.75 Å². The fraction of sp³-hybridized carbons (Fsp3) is 0.462.